The zero-order valence-corrected chi connectivity index (χ0v) is 13.8. The molecule has 0 aliphatic carbocycles. The second kappa shape index (κ2) is 5.23. The number of fused-ring (bicyclic) bond motifs is 3. The first-order valence-electron chi connectivity index (χ1n) is 6.64. The van der Waals surface area contributed by atoms with E-state index >= 15 is 0 Å². The molecular formula is C16H8Cl2N2O2S. The molecule has 0 aliphatic heterocycles. The van der Waals surface area contributed by atoms with Gasteiger partial charge < -0.3 is 5.11 Å². The number of hydrogen-bond donors (Lipinski definition) is 1. The van der Waals surface area contributed by atoms with Crippen LogP contribution in [0.1, 0.15) is 5.56 Å². The summed E-state index contributed by atoms with van der Waals surface area (Å²) in [5.41, 5.74) is 1.75. The lowest BCUT2D eigenvalue weighted by Gasteiger charge is -2.01. The lowest BCUT2D eigenvalue weighted by Crippen LogP contribution is -2.22. The highest BCUT2D eigenvalue weighted by atomic mass is 35.5. The molecular weight excluding hydrogens is 355 g/mol. The first-order valence-corrected chi connectivity index (χ1v) is 8.21. The van der Waals surface area contributed by atoms with Crippen molar-refractivity contribution in [2.45, 2.75) is 0 Å². The predicted octanol–water partition coefficient (Wildman–Crippen LogP) is 3.47. The minimum atomic E-state index is -0.186. The number of para-hydroxylation sites is 2. The molecule has 0 unspecified atom stereocenters. The molecule has 23 heavy (non-hydrogen) atoms. The third-order valence-electron chi connectivity index (χ3n) is 3.49. The Balaban J connectivity index is 2.04. The summed E-state index contributed by atoms with van der Waals surface area (Å²) < 4.78 is 2.02. The van der Waals surface area contributed by atoms with E-state index in [1.54, 1.807) is 16.5 Å². The predicted molar refractivity (Wildman–Crippen MR) is 93.8 cm³/mol. The average molecular weight is 363 g/mol. The number of halogens is 2. The fraction of sp³-hybridized carbons (Fsp3) is 0. The molecule has 4 aromatic rings. The summed E-state index contributed by atoms with van der Waals surface area (Å²) in [7, 11) is 0. The lowest BCUT2D eigenvalue weighted by atomic mass is 10.2. The smallest absolute Gasteiger partial charge is 0.274 e. The summed E-state index contributed by atoms with van der Waals surface area (Å²) in [6.07, 6.45) is 1.57. The third kappa shape index (κ3) is 2.28. The first kappa shape index (κ1) is 14.5. The summed E-state index contributed by atoms with van der Waals surface area (Å²) in [5, 5.41) is 10.6. The molecule has 0 spiro atoms. The van der Waals surface area contributed by atoms with E-state index in [1.807, 2.05) is 24.3 Å². The molecule has 0 saturated carbocycles. The van der Waals surface area contributed by atoms with Crippen molar-refractivity contribution in [1.82, 2.24) is 9.38 Å². The topological polar surface area (TPSA) is 54.6 Å². The molecule has 0 radical (unpaired) electrons. The minimum Gasteiger partial charge on any atom is -0.506 e. The van der Waals surface area contributed by atoms with Gasteiger partial charge in [0, 0.05) is 10.6 Å². The quantitative estimate of drug-likeness (QED) is 0.564. The molecule has 7 heteroatoms. The molecule has 0 atom stereocenters. The molecule has 0 amide bonds. The van der Waals surface area contributed by atoms with Gasteiger partial charge in [0.05, 0.1) is 20.6 Å². The first-order chi connectivity index (χ1) is 11.0. The van der Waals surface area contributed by atoms with Crippen molar-refractivity contribution >= 4 is 56.6 Å². The molecule has 2 aromatic carbocycles. The van der Waals surface area contributed by atoms with Crippen molar-refractivity contribution in [3.05, 3.63) is 66.9 Å². The minimum absolute atomic E-state index is 0.105. The van der Waals surface area contributed by atoms with E-state index in [0.29, 0.717) is 20.1 Å². The number of aromatic nitrogens is 2. The summed E-state index contributed by atoms with van der Waals surface area (Å²) in [4.78, 5) is 17.7. The number of aromatic hydroxyl groups is 1. The standard InChI is InChI=1S/C16H8Cl2N2O2S/c17-9-5-8(14(21)10(18)7-9)6-13-15(22)20-12-4-2-1-3-11(12)19-16(20)23-13/h1-7,21H/b13-6-. The van der Waals surface area contributed by atoms with E-state index in [9.17, 15) is 9.90 Å². The van der Waals surface area contributed by atoms with Gasteiger partial charge in [-0.2, -0.15) is 0 Å². The van der Waals surface area contributed by atoms with Crippen LogP contribution in [0, 0.1) is 0 Å². The van der Waals surface area contributed by atoms with Crippen molar-refractivity contribution in [2.75, 3.05) is 0 Å². The summed E-state index contributed by atoms with van der Waals surface area (Å²) >= 11 is 13.1. The Hall–Kier alpha value is -2.08. The summed E-state index contributed by atoms with van der Waals surface area (Å²) in [6, 6.07) is 10.5. The molecule has 2 aromatic heterocycles. The van der Waals surface area contributed by atoms with Gasteiger partial charge in [-0.05, 0) is 30.3 Å². The van der Waals surface area contributed by atoms with E-state index < -0.39 is 0 Å². The normalized spacial score (nSPS) is 12.5. The SMILES string of the molecule is O=c1/c(=C/c2cc(Cl)cc(Cl)c2O)sc2nc3ccccc3n12. The molecule has 0 aliphatic rings. The average Bonchev–Trinajstić information content (AvgIpc) is 3.01. The van der Waals surface area contributed by atoms with Gasteiger partial charge in [0.25, 0.3) is 5.56 Å². The molecule has 1 N–H and O–H groups in total. The Kier molecular flexibility index (Phi) is 3.30. The summed E-state index contributed by atoms with van der Waals surface area (Å²) in [5.74, 6) is -0.105. The highest BCUT2D eigenvalue weighted by Crippen LogP contribution is 2.31. The monoisotopic (exact) mass is 362 g/mol. The zero-order chi connectivity index (χ0) is 16.1. The maximum absolute atomic E-state index is 12.6. The van der Waals surface area contributed by atoms with E-state index in [1.165, 1.54) is 17.4 Å². The van der Waals surface area contributed by atoms with Gasteiger partial charge in [-0.1, -0.05) is 46.7 Å². The highest BCUT2D eigenvalue weighted by molar-refractivity contribution is 7.15. The van der Waals surface area contributed by atoms with Crippen LogP contribution >= 0.6 is 34.5 Å². The van der Waals surface area contributed by atoms with Crippen LogP contribution in [0.5, 0.6) is 5.75 Å². The zero-order valence-electron chi connectivity index (χ0n) is 11.5. The van der Waals surface area contributed by atoms with Gasteiger partial charge >= 0.3 is 0 Å². The van der Waals surface area contributed by atoms with Crippen molar-refractivity contribution in [3.63, 3.8) is 0 Å². The maximum atomic E-state index is 12.6. The van der Waals surface area contributed by atoms with Gasteiger partial charge in [-0.25, -0.2) is 9.38 Å². The van der Waals surface area contributed by atoms with Crippen LogP contribution in [-0.2, 0) is 0 Å². The Morgan fingerprint density at radius 1 is 1.22 bits per heavy atom. The molecule has 0 fully saturated rings. The third-order valence-corrected chi connectivity index (χ3v) is 4.96. The lowest BCUT2D eigenvalue weighted by molar-refractivity contribution is 0.474. The number of phenols is 1. The van der Waals surface area contributed by atoms with Gasteiger partial charge in [0.1, 0.15) is 5.75 Å². The second-order valence-electron chi connectivity index (χ2n) is 4.96. The van der Waals surface area contributed by atoms with Gasteiger partial charge in [-0.3, -0.25) is 4.79 Å². The van der Waals surface area contributed by atoms with Crippen LogP contribution < -0.4 is 10.1 Å². The summed E-state index contributed by atoms with van der Waals surface area (Å²) in [6.45, 7) is 0. The molecule has 4 nitrogen and oxygen atoms in total. The Morgan fingerprint density at radius 2 is 2.00 bits per heavy atom. The Morgan fingerprint density at radius 3 is 2.83 bits per heavy atom. The van der Waals surface area contributed by atoms with E-state index in [-0.39, 0.29) is 16.3 Å². The molecule has 2 heterocycles. The number of thiazole rings is 1. The van der Waals surface area contributed by atoms with Crippen molar-refractivity contribution in [1.29, 1.82) is 0 Å². The molecule has 0 saturated heterocycles. The molecule has 114 valence electrons. The van der Waals surface area contributed by atoms with E-state index in [2.05, 4.69) is 4.98 Å². The van der Waals surface area contributed by atoms with Gasteiger partial charge in [0.2, 0.25) is 0 Å². The van der Waals surface area contributed by atoms with Crippen molar-refractivity contribution < 1.29 is 5.11 Å². The maximum Gasteiger partial charge on any atom is 0.274 e. The fourth-order valence-electron chi connectivity index (χ4n) is 2.45. The van der Waals surface area contributed by atoms with Crippen LogP contribution in [0.15, 0.2) is 41.2 Å². The van der Waals surface area contributed by atoms with Crippen LogP contribution in [-0.4, -0.2) is 14.5 Å². The van der Waals surface area contributed by atoms with Crippen LogP contribution in [0.4, 0.5) is 0 Å². The van der Waals surface area contributed by atoms with Gasteiger partial charge in [-0.15, -0.1) is 0 Å². The Bertz CT molecular complexity index is 1180. The largest absolute Gasteiger partial charge is 0.506 e. The number of hydrogen-bond acceptors (Lipinski definition) is 4. The van der Waals surface area contributed by atoms with Crippen molar-refractivity contribution in [2.24, 2.45) is 0 Å². The number of benzene rings is 2. The van der Waals surface area contributed by atoms with E-state index in [0.717, 1.165) is 11.0 Å². The Labute approximate surface area is 143 Å². The van der Waals surface area contributed by atoms with E-state index in [4.69, 9.17) is 23.2 Å². The fourth-order valence-corrected chi connectivity index (χ4v) is 3.94. The number of rotatable bonds is 1. The van der Waals surface area contributed by atoms with Gasteiger partial charge in [0.15, 0.2) is 4.96 Å². The van der Waals surface area contributed by atoms with Crippen molar-refractivity contribution in [3.8, 4) is 5.75 Å². The second-order valence-corrected chi connectivity index (χ2v) is 6.81. The van der Waals surface area contributed by atoms with Crippen LogP contribution in [0.25, 0.3) is 22.1 Å². The number of nitrogens with zero attached hydrogens (tertiary/aromatic N) is 2. The van der Waals surface area contributed by atoms with Crippen LogP contribution in [0.3, 0.4) is 0 Å². The van der Waals surface area contributed by atoms with Crippen LogP contribution in [0.2, 0.25) is 10.0 Å². The number of phenolic OH excluding ortho intramolecular Hbond substituents is 1. The molecule has 4 rings (SSSR count). The highest BCUT2D eigenvalue weighted by Gasteiger charge is 2.12. The molecule has 0 bridgehead atoms. The number of imidazole rings is 1.